The average molecular weight is 413 g/mol. The highest BCUT2D eigenvalue weighted by Gasteiger charge is 2.19. The largest absolute Gasteiger partial charge is 0.443 e. The molecule has 0 aliphatic rings. The van der Waals surface area contributed by atoms with Gasteiger partial charge in [0.15, 0.2) is 0 Å². The van der Waals surface area contributed by atoms with Crippen LogP contribution < -0.4 is 21.5 Å². The van der Waals surface area contributed by atoms with Crippen LogP contribution in [0.2, 0.25) is 0 Å². The third-order valence-corrected chi connectivity index (χ3v) is 3.69. The minimum Gasteiger partial charge on any atom is -0.443 e. The Hall–Kier alpha value is -3.64. The van der Waals surface area contributed by atoms with E-state index in [4.69, 9.17) is 10.00 Å². The van der Waals surface area contributed by atoms with E-state index in [2.05, 4.69) is 21.5 Å². The van der Waals surface area contributed by atoms with Crippen LogP contribution in [0.3, 0.4) is 0 Å². The van der Waals surface area contributed by atoms with Crippen molar-refractivity contribution in [3.63, 3.8) is 0 Å². The summed E-state index contributed by atoms with van der Waals surface area (Å²) in [6, 6.07) is 11.7. The lowest BCUT2D eigenvalue weighted by atomic mass is 10.2. The average Bonchev–Trinajstić information content (AvgIpc) is 2.67. The maximum Gasteiger partial charge on any atom is 0.422 e. The molecule has 1 atom stereocenters. The number of anilines is 3. The summed E-state index contributed by atoms with van der Waals surface area (Å²) in [7, 11) is 0. The second-order valence-corrected chi connectivity index (χ2v) is 7.49. The molecule has 2 aromatic carbocycles. The van der Waals surface area contributed by atoms with E-state index in [0.29, 0.717) is 22.6 Å². The molecule has 0 saturated heterocycles. The van der Waals surface area contributed by atoms with Crippen molar-refractivity contribution in [2.24, 2.45) is 0 Å². The number of hydrogen-bond acceptors (Lipinski definition) is 6. The normalized spacial score (nSPS) is 11.7. The molecule has 0 saturated carbocycles. The van der Waals surface area contributed by atoms with E-state index < -0.39 is 29.5 Å². The number of ether oxygens (including phenoxy) is 1. The molecule has 9 heteroatoms. The molecule has 158 valence electrons. The Morgan fingerprint density at radius 1 is 1.13 bits per heavy atom. The van der Waals surface area contributed by atoms with Gasteiger partial charge in [-0.2, -0.15) is 5.26 Å². The van der Waals surface area contributed by atoms with Gasteiger partial charge >= 0.3 is 6.09 Å². The van der Waals surface area contributed by atoms with Crippen molar-refractivity contribution < 1.29 is 18.7 Å². The molecule has 0 bridgehead atoms. The topological polar surface area (TPSA) is 115 Å². The van der Waals surface area contributed by atoms with Gasteiger partial charge in [0, 0.05) is 5.69 Å². The predicted molar refractivity (Wildman–Crippen MR) is 111 cm³/mol. The van der Waals surface area contributed by atoms with Crippen LogP contribution in [-0.2, 0) is 9.53 Å². The molecule has 0 heterocycles. The lowest BCUT2D eigenvalue weighted by molar-refractivity contribution is -0.117. The van der Waals surface area contributed by atoms with Crippen LogP contribution in [0.1, 0.15) is 33.3 Å². The molecule has 0 aliphatic heterocycles. The van der Waals surface area contributed by atoms with Gasteiger partial charge in [-0.3, -0.25) is 10.2 Å². The van der Waals surface area contributed by atoms with E-state index in [1.165, 1.54) is 18.2 Å². The second-order valence-electron chi connectivity index (χ2n) is 7.49. The molecule has 2 amide bonds. The fourth-order valence-electron chi connectivity index (χ4n) is 2.33. The minimum absolute atomic E-state index is 0.311. The van der Waals surface area contributed by atoms with Crippen molar-refractivity contribution in [1.29, 1.82) is 5.26 Å². The van der Waals surface area contributed by atoms with E-state index in [9.17, 15) is 14.0 Å². The number of hydrogen-bond donors (Lipinski definition) is 4. The van der Waals surface area contributed by atoms with Crippen LogP contribution in [0.5, 0.6) is 0 Å². The summed E-state index contributed by atoms with van der Waals surface area (Å²) < 4.78 is 18.8. The van der Waals surface area contributed by atoms with E-state index in [1.807, 2.05) is 6.07 Å². The molecule has 0 radical (unpaired) electrons. The highest BCUT2D eigenvalue weighted by molar-refractivity contribution is 5.98. The van der Waals surface area contributed by atoms with Gasteiger partial charge in [-0.05, 0) is 64.1 Å². The Labute approximate surface area is 174 Å². The third-order valence-electron chi connectivity index (χ3n) is 3.69. The molecular weight excluding hydrogens is 389 g/mol. The number of rotatable bonds is 6. The summed E-state index contributed by atoms with van der Waals surface area (Å²) in [5.41, 5.74) is 5.83. The minimum atomic E-state index is -0.808. The van der Waals surface area contributed by atoms with Gasteiger partial charge in [-0.25, -0.2) is 14.6 Å². The lowest BCUT2D eigenvalue weighted by Crippen LogP contribution is -2.49. The smallest absolute Gasteiger partial charge is 0.422 e. The Balaban J connectivity index is 2.06. The van der Waals surface area contributed by atoms with Gasteiger partial charge in [0.1, 0.15) is 17.5 Å². The number of nitriles is 1. The molecule has 2 aromatic rings. The molecule has 0 aliphatic carbocycles. The molecule has 0 aromatic heterocycles. The van der Waals surface area contributed by atoms with Crippen molar-refractivity contribution in [2.45, 2.75) is 39.3 Å². The second kappa shape index (κ2) is 9.71. The maximum atomic E-state index is 13.8. The number of benzene rings is 2. The lowest BCUT2D eigenvalue weighted by Gasteiger charge is -2.21. The van der Waals surface area contributed by atoms with Crippen molar-refractivity contribution in [1.82, 2.24) is 10.9 Å². The molecule has 0 spiro atoms. The van der Waals surface area contributed by atoms with Crippen molar-refractivity contribution in [2.75, 3.05) is 10.6 Å². The van der Waals surface area contributed by atoms with Crippen LogP contribution in [0.25, 0.3) is 0 Å². The van der Waals surface area contributed by atoms with Crippen LogP contribution in [0, 0.1) is 17.1 Å². The molecular formula is C21H24FN5O3. The van der Waals surface area contributed by atoms with Gasteiger partial charge in [-0.15, -0.1) is 0 Å². The third kappa shape index (κ3) is 7.07. The Kier molecular flexibility index (Phi) is 7.33. The predicted octanol–water partition coefficient (Wildman–Crippen LogP) is 3.80. The molecule has 30 heavy (non-hydrogen) atoms. The van der Waals surface area contributed by atoms with Gasteiger partial charge in [0.25, 0.3) is 0 Å². The number of nitrogens with one attached hydrogen (secondary N) is 4. The fraction of sp³-hybridized carbons (Fsp3) is 0.286. The zero-order valence-electron chi connectivity index (χ0n) is 17.2. The standard InChI is InChI=1S/C21H24FN5O3/c1-13(26-27-20(29)30-21(2,3)4)19(28)25-17-9-8-15(22)11-18(17)24-16-7-5-6-14(10-16)12-23/h5-11,13,24,26H,1-4H3,(H,25,28)(H,27,29). The SMILES string of the molecule is CC(NNC(=O)OC(C)(C)C)C(=O)Nc1ccc(F)cc1Nc1cccc(C#N)c1. The Morgan fingerprint density at radius 2 is 1.87 bits per heavy atom. The van der Waals surface area contributed by atoms with Gasteiger partial charge in [-0.1, -0.05) is 6.07 Å². The van der Waals surface area contributed by atoms with Gasteiger partial charge in [0.05, 0.1) is 23.0 Å². The van der Waals surface area contributed by atoms with E-state index in [-0.39, 0.29) is 0 Å². The quantitative estimate of drug-likeness (QED) is 0.536. The molecule has 1 unspecified atom stereocenters. The highest BCUT2D eigenvalue weighted by Crippen LogP contribution is 2.27. The maximum absolute atomic E-state index is 13.8. The Morgan fingerprint density at radius 3 is 2.53 bits per heavy atom. The summed E-state index contributed by atoms with van der Waals surface area (Å²) in [5, 5.41) is 14.7. The van der Waals surface area contributed by atoms with E-state index in [0.717, 1.165) is 0 Å². The van der Waals surface area contributed by atoms with E-state index >= 15 is 0 Å². The first-order valence-corrected chi connectivity index (χ1v) is 9.19. The molecule has 0 fully saturated rings. The number of hydrazine groups is 1. The zero-order chi connectivity index (χ0) is 22.3. The summed E-state index contributed by atoms with van der Waals surface area (Å²) in [6.45, 7) is 6.70. The summed E-state index contributed by atoms with van der Waals surface area (Å²) in [5.74, 6) is -0.962. The summed E-state index contributed by atoms with van der Waals surface area (Å²) in [6.07, 6.45) is -0.719. The monoisotopic (exact) mass is 413 g/mol. The Bertz CT molecular complexity index is 966. The molecule has 4 N–H and O–H groups in total. The van der Waals surface area contributed by atoms with Crippen molar-refractivity contribution >= 4 is 29.1 Å². The fourth-order valence-corrected chi connectivity index (χ4v) is 2.33. The molecule has 2 rings (SSSR count). The summed E-state index contributed by atoms with van der Waals surface area (Å²) in [4.78, 5) is 24.2. The number of carbonyl (C=O) groups is 2. The number of carbonyl (C=O) groups excluding carboxylic acids is 2. The molecule has 8 nitrogen and oxygen atoms in total. The van der Waals surface area contributed by atoms with Crippen LogP contribution >= 0.6 is 0 Å². The first-order valence-electron chi connectivity index (χ1n) is 9.19. The van der Waals surface area contributed by atoms with E-state index in [1.54, 1.807) is 52.0 Å². The first-order chi connectivity index (χ1) is 14.1. The number of halogens is 1. The van der Waals surface area contributed by atoms with Crippen LogP contribution in [0.15, 0.2) is 42.5 Å². The highest BCUT2D eigenvalue weighted by atomic mass is 19.1. The summed E-state index contributed by atoms with van der Waals surface area (Å²) >= 11 is 0. The van der Waals surface area contributed by atoms with Gasteiger partial charge in [0.2, 0.25) is 5.91 Å². The van der Waals surface area contributed by atoms with Gasteiger partial charge < -0.3 is 15.4 Å². The number of nitrogens with zero attached hydrogens (tertiary/aromatic N) is 1. The van der Waals surface area contributed by atoms with Crippen molar-refractivity contribution in [3.8, 4) is 6.07 Å². The van der Waals surface area contributed by atoms with Crippen LogP contribution in [0.4, 0.5) is 26.2 Å². The zero-order valence-corrected chi connectivity index (χ0v) is 17.2. The number of amides is 2. The van der Waals surface area contributed by atoms with Crippen molar-refractivity contribution in [3.05, 3.63) is 53.8 Å². The van der Waals surface area contributed by atoms with Crippen LogP contribution in [-0.4, -0.2) is 23.6 Å². The first kappa shape index (κ1) is 22.6.